The molecule has 0 aromatic carbocycles. The Bertz CT molecular complexity index is 1450. The molecule has 0 saturated carbocycles. The van der Waals surface area contributed by atoms with Crippen LogP contribution in [0.25, 0.3) is 0 Å². The van der Waals surface area contributed by atoms with Gasteiger partial charge in [-0.05, 0) is 89.9 Å². The van der Waals surface area contributed by atoms with Crippen LogP contribution in [0.2, 0.25) is 0 Å². The van der Waals surface area contributed by atoms with E-state index in [9.17, 15) is 14.4 Å². The minimum Gasteiger partial charge on any atom is -0.462 e. The van der Waals surface area contributed by atoms with Gasteiger partial charge < -0.3 is 14.2 Å². The number of carbonyl (C=O) groups excluding carboxylic acids is 3. The topological polar surface area (TPSA) is 78.9 Å². The van der Waals surface area contributed by atoms with Gasteiger partial charge in [-0.25, -0.2) is 0 Å². The summed E-state index contributed by atoms with van der Waals surface area (Å²) in [5.74, 6) is -1.04. The molecule has 0 radical (unpaired) electrons. The number of hydrogen-bond donors (Lipinski definition) is 0. The normalized spacial score (nSPS) is 13.2. The predicted octanol–water partition coefficient (Wildman–Crippen LogP) is 17.1. The molecule has 6 heteroatoms. The van der Waals surface area contributed by atoms with Crippen LogP contribution in [0.3, 0.4) is 0 Å². The Morgan fingerprint density at radius 2 is 0.692 bits per heavy atom. The number of rotatable bonds is 44. The van der Waals surface area contributed by atoms with Crippen molar-refractivity contribution in [2.75, 3.05) is 13.2 Å². The fourth-order valence-corrected chi connectivity index (χ4v) is 6.42. The van der Waals surface area contributed by atoms with E-state index in [4.69, 9.17) is 14.2 Å². The van der Waals surface area contributed by atoms with Gasteiger partial charge in [-0.1, -0.05) is 225 Å². The summed E-state index contributed by atoms with van der Waals surface area (Å²) in [4.78, 5) is 37.9. The highest BCUT2D eigenvalue weighted by atomic mass is 16.6. The average Bonchev–Trinajstić information content (AvgIpc) is 3.30. The van der Waals surface area contributed by atoms with Gasteiger partial charge in [-0.15, -0.1) is 0 Å². The monoisotopic (exact) mass is 897 g/mol. The van der Waals surface area contributed by atoms with Gasteiger partial charge in [0.15, 0.2) is 6.10 Å². The Labute approximate surface area is 398 Å². The lowest BCUT2D eigenvalue weighted by molar-refractivity contribution is -0.167. The zero-order valence-corrected chi connectivity index (χ0v) is 41.4. The summed E-state index contributed by atoms with van der Waals surface area (Å²) in [7, 11) is 0. The third-order valence-electron chi connectivity index (χ3n) is 10.3. The van der Waals surface area contributed by atoms with Gasteiger partial charge in [-0.2, -0.15) is 0 Å². The van der Waals surface area contributed by atoms with E-state index in [-0.39, 0.29) is 44.0 Å². The fraction of sp³-hybridized carbons (Fsp3) is 0.576. The lowest BCUT2D eigenvalue weighted by Gasteiger charge is -2.18. The second-order valence-electron chi connectivity index (χ2n) is 16.5. The van der Waals surface area contributed by atoms with Crippen molar-refractivity contribution in [3.63, 3.8) is 0 Å². The highest BCUT2D eigenvalue weighted by Gasteiger charge is 2.19. The van der Waals surface area contributed by atoms with Gasteiger partial charge in [0.25, 0.3) is 0 Å². The second-order valence-corrected chi connectivity index (χ2v) is 16.5. The maximum atomic E-state index is 12.8. The summed E-state index contributed by atoms with van der Waals surface area (Å²) < 4.78 is 16.7. The molecule has 0 aromatic rings. The van der Waals surface area contributed by atoms with Crippen LogP contribution in [0.5, 0.6) is 0 Å². The molecule has 1 unspecified atom stereocenters. The van der Waals surface area contributed by atoms with Crippen molar-refractivity contribution < 1.29 is 28.6 Å². The molecular weight excluding hydrogens is 805 g/mol. The van der Waals surface area contributed by atoms with E-state index in [0.717, 1.165) is 77.0 Å². The molecule has 0 amide bonds. The predicted molar refractivity (Wildman–Crippen MR) is 279 cm³/mol. The molecule has 0 aliphatic heterocycles. The van der Waals surface area contributed by atoms with E-state index in [1.807, 2.05) is 72.9 Å². The van der Waals surface area contributed by atoms with Crippen LogP contribution in [0.4, 0.5) is 0 Å². The number of esters is 3. The summed E-state index contributed by atoms with van der Waals surface area (Å²) >= 11 is 0. The molecule has 0 aliphatic rings. The summed E-state index contributed by atoms with van der Waals surface area (Å²) in [6, 6.07) is 0. The number of ether oxygens (including phenoxy) is 3. The second kappa shape index (κ2) is 52.2. The van der Waals surface area contributed by atoms with Crippen LogP contribution >= 0.6 is 0 Å². The minimum absolute atomic E-state index is 0.122. The highest BCUT2D eigenvalue weighted by molar-refractivity contribution is 5.71. The SMILES string of the molecule is CC\C=C/C=C\C=C/C=C\C=C\C=C/C=C\CCCCCC(=O)OCC(COC(=O)CCCCCCC/C=C\CCCC)OC(=O)CCC/C=C\C/C=C\C/C=C\CCCCCCCC. The fourth-order valence-electron chi connectivity index (χ4n) is 6.42. The molecule has 6 nitrogen and oxygen atoms in total. The molecule has 364 valence electrons. The van der Waals surface area contributed by atoms with Crippen molar-refractivity contribution in [2.45, 2.75) is 207 Å². The molecule has 0 spiro atoms. The van der Waals surface area contributed by atoms with Crippen molar-refractivity contribution in [1.29, 1.82) is 0 Å². The summed E-state index contributed by atoms with van der Waals surface area (Å²) in [5.41, 5.74) is 0. The van der Waals surface area contributed by atoms with Crippen molar-refractivity contribution in [3.05, 3.63) is 134 Å². The van der Waals surface area contributed by atoms with Gasteiger partial charge in [0.05, 0.1) is 0 Å². The Kier molecular flexibility index (Phi) is 48.6. The molecule has 0 N–H and O–H groups in total. The lowest BCUT2D eigenvalue weighted by atomic mass is 10.1. The van der Waals surface area contributed by atoms with Crippen LogP contribution < -0.4 is 0 Å². The van der Waals surface area contributed by atoms with Crippen molar-refractivity contribution >= 4 is 17.9 Å². The van der Waals surface area contributed by atoms with Gasteiger partial charge in [-0.3, -0.25) is 14.4 Å². The van der Waals surface area contributed by atoms with Crippen molar-refractivity contribution in [2.24, 2.45) is 0 Å². The Morgan fingerprint density at radius 1 is 0.338 bits per heavy atom. The highest BCUT2D eigenvalue weighted by Crippen LogP contribution is 2.12. The molecule has 0 aromatic heterocycles. The van der Waals surface area contributed by atoms with Crippen LogP contribution in [-0.2, 0) is 28.6 Å². The smallest absolute Gasteiger partial charge is 0.306 e. The van der Waals surface area contributed by atoms with Gasteiger partial charge >= 0.3 is 17.9 Å². The average molecular weight is 897 g/mol. The van der Waals surface area contributed by atoms with E-state index < -0.39 is 6.10 Å². The Balaban J connectivity index is 4.59. The first-order valence-electron chi connectivity index (χ1n) is 25.8. The maximum Gasteiger partial charge on any atom is 0.306 e. The van der Waals surface area contributed by atoms with Gasteiger partial charge in [0, 0.05) is 19.3 Å². The number of unbranched alkanes of at least 4 members (excludes halogenated alkanes) is 17. The summed E-state index contributed by atoms with van der Waals surface area (Å²) in [5, 5.41) is 0. The Hall–Kier alpha value is -4.45. The summed E-state index contributed by atoms with van der Waals surface area (Å²) in [6.07, 6.45) is 72.9. The molecule has 65 heavy (non-hydrogen) atoms. The molecule has 0 bridgehead atoms. The largest absolute Gasteiger partial charge is 0.462 e. The first-order chi connectivity index (χ1) is 32.0. The van der Waals surface area contributed by atoms with Crippen LogP contribution in [0, 0.1) is 0 Å². The number of allylic oxidation sites excluding steroid dienone is 22. The lowest BCUT2D eigenvalue weighted by Crippen LogP contribution is -2.30. The zero-order valence-electron chi connectivity index (χ0n) is 41.4. The number of hydrogen-bond acceptors (Lipinski definition) is 6. The minimum atomic E-state index is -0.831. The molecular formula is C59H92O6. The molecule has 0 fully saturated rings. The molecule has 0 aliphatic carbocycles. The standard InChI is InChI=1S/C59H92O6/c1-4-7-10-13-16-19-22-24-26-28-29-31-32-34-37-40-43-46-49-52-58(61)64-55-56(54-63-57(60)51-48-45-42-39-36-21-18-15-12-9-6-3)65-59(62)53-50-47-44-41-38-35-33-30-27-25-23-20-17-14-11-8-5-2/h7,10,13,15-16,18-19,22,24-29,31-35,37,41,44,56H,4-6,8-9,11-12,14,17,20-21,23,30,36,38-40,42-43,45-55H2,1-3H3/b10-7-,16-13-,18-15-,22-19-,26-24-,27-25-,29-28+,32-31-,35-33-,37-34-,44-41-. The van der Waals surface area contributed by atoms with Crippen molar-refractivity contribution in [3.8, 4) is 0 Å². The number of carbonyl (C=O) groups is 3. The van der Waals surface area contributed by atoms with E-state index in [2.05, 4.69) is 81.5 Å². The van der Waals surface area contributed by atoms with E-state index >= 15 is 0 Å². The quantitative estimate of drug-likeness (QED) is 0.0199. The van der Waals surface area contributed by atoms with Crippen LogP contribution in [0.15, 0.2) is 134 Å². The van der Waals surface area contributed by atoms with Gasteiger partial charge in [0.1, 0.15) is 13.2 Å². The van der Waals surface area contributed by atoms with E-state index in [1.165, 1.54) is 70.6 Å². The third-order valence-corrected chi connectivity index (χ3v) is 10.3. The summed E-state index contributed by atoms with van der Waals surface area (Å²) in [6.45, 7) is 6.33. The van der Waals surface area contributed by atoms with Crippen molar-refractivity contribution in [1.82, 2.24) is 0 Å². The first kappa shape index (κ1) is 60.5. The van der Waals surface area contributed by atoms with E-state index in [1.54, 1.807) is 0 Å². The molecule has 0 saturated heterocycles. The molecule has 0 heterocycles. The maximum absolute atomic E-state index is 12.8. The van der Waals surface area contributed by atoms with Crippen LogP contribution in [0.1, 0.15) is 201 Å². The van der Waals surface area contributed by atoms with Gasteiger partial charge in [0.2, 0.25) is 0 Å². The Morgan fingerprint density at radius 3 is 1.20 bits per heavy atom. The van der Waals surface area contributed by atoms with E-state index in [0.29, 0.717) is 19.3 Å². The molecule has 0 rings (SSSR count). The zero-order chi connectivity index (χ0) is 47.2. The first-order valence-corrected chi connectivity index (χ1v) is 25.8. The third kappa shape index (κ3) is 50.4. The van der Waals surface area contributed by atoms with Crippen LogP contribution in [-0.4, -0.2) is 37.2 Å². The molecule has 1 atom stereocenters.